The standard InChI is InChI=1S/C18H18F3NO4S.C18H20F3NO2S/c1-25-16(23)15-14(10-5-7-22(8-6-10)17(24)26-2)12-4-3-11(18(19,20)21)9-13(12)27-15;1-3-22-8-6-11(7-9-22)15-13-5-4-12(18(19,20)21)10-14(13)25-16(15)17(23)24-2/h3-4,9-10H,5-8H2,1-2H3;4-5,10-11H,3,6-9H2,1-2H3. The summed E-state index contributed by atoms with van der Waals surface area (Å²) in [4.78, 5) is 40.8. The van der Waals surface area contributed by atoms with Gasteiger partial charge in [0.15, 0.2) is 0 Å². The third kappa shape index (κ3) is 8.33. The van der Waals surface area contributed by atoms with E-state index in [9.17, 15) is 40.7 Å². The van der Waals surface area contributed by atoms with E-state index in [1.54, 1.807) is 4.90 Å². The van der Waals surface area contributed by atoms with Gasteiger partial charge in [-0.25, -0.2) is 14.4 Å². The van der Waals surface area contributed by atoms with Crippen molar-refractivity contribution in [1.82, 2.24) is 9.80 Å². The highest BCUT2D eigenvalue weighted by Crippen LogP contribution is 2.44. The van der Waals surface area contributed by atoms with E-state index in [0.29, 0.717) is 56.0 Å². The fourth-order valence-corrected chi connectivity index (χ4v) is 9.40. The van der Waals surface area contributed by atoms with Crippen molar-refractivity contribution in [2.24, 2.45) is 0 Å². The number of hydrogen-bond acceptors (Lipinski definition) is 9. The molecule has 2 aliphatic heterocycles. The van der Waals surface area contributed by atoms with Gasteiger partial charge in [-0.1, -0.05) is 19.1 Å². The van der Waals surface area contributed by atoms with E-state index in [0.717, 1.165) is 90.4 Å². The number of benzene rings is 2. The van der Waals surface area contributed by atoms with E-state index in [1.165, 1.54) is 33.5 Å². The molecule has 2 saturated heterocycles. The van der Waals surface area contributed by atoms with Crippen LogP contribution >= 0.6 is 22.7 Å². The monoisotopic (exact) mass is 772 g/mol. The molecule has 0 radical (unpaired) electrons. The van der Waals surface area contributed by atoms with Crippen molar-refractivity contribution in [1.29, 1.82) is 0 Å². The second-order valence-corrected chi connectivity index (χ2v) is 14.6. The number of piperidine rings is 2. The van der Waals surface area contributed by atoms with Crippen LogP contribution in [0.4, 0.5) is 31.1 Å². The lowest BCUT2D eigenvalue weighted by Gasteiger charge is -2.31. The van der Waals surface area contributed by atoms with Gasteiger partial charge in [-0.05, 0) is 103 Å². The van der Waals surface area contributed by atoms with Crippen LogP contribution in [-0.2, 0) is 26.6 Å². The molecule has 2 aromatic carbocycles. The Balaban J connectivity index is 0.000000202. The van der Waals surface area contributed by atoms with Crippen LogP contribution in [0.15, 0.2) is 36.4 Å². The quantitative estimate of drug-likeness (QED) is 0.114. The SMILES string of the molecule is CCN1CCC(c2c(C(=O)OC)sc3cc(C(F)(F)F)ccc23)CC1.COC(=O)c1sc2cc(C(F)(F)F)ccc2c1C1CCN(C(=O)OC)CC1. The largest absolute Gasteiger partial charge is 0.465 e. The molecule has 2 aromatic heterocycles. The Kier molecular flexibility index (Phi) is 12.1. The summed E-state index contributed by atoms with van der Waals surface area (Å²) < 4.78 is 93.4. The minimum Gasteiger partial charge on any atom is -0.465 e. The molecule has 16 heteroatoms. The van der Waals surface area contributed by atoms with E-state index in [1.807, 2.05) is 0 Å². The predicted octanol–water partition coefficient (Wildman–Crippen LogP) is 9.56. The Morgan fingerprint density at radius 1 is 0.673 bits per heavy atom. The van der Waals surface area contributed by atoms with Crippen LogP contribution in [0.3, 0.4) is 0 Å². The van der Waals surface area contributed by atoms with Crippen molar-refractivity contribution < 1.29 is 54.9 Å². The Labute approximate surface area is 304 Å². The summed E-state index contributed by atoms with van der Waals surface area (Å²) in [5, 5.41) is 1.37. The minimum atomic E-state index is -4.45. The number of esters is 2. The molecule has 0 atom stereocenters. The Hall–Kier alpha value is -3.89. The molecule has 8 nitrogen and oxygen atoms in total. The van der Waals surface area contributed by atoms with Crippen molar-refractivity contribution in [3.05, 3.63) is 68.4 Å². The molecule has 0 unspecified atom stereocenters. The normalized spacial score (nSPS) is 16.5. The number of nitrogens with zero attached hydrogens (tertiary/aromatic N) is 2. The van der Waals surface area contributed by atoms with Gasteiger partial charge in [-0.2, -0.15) is 26.3 Å². The number of amides is 1. The molecule has 4 heterocycles. The van der Waals surface area contributed by atoms with E-state index < -0.39 is 41.5 Å². The summed E-state index contributed by atoms with van der Waals surface area (Å²) in [6.45, 7) is 5.86. The summed E-state index contributed by atoms with van der Waals surface area (Å²) in [5.41, 5.74) is 0.126. The number of carbonyl (C=O) groups excluding carboxylic acids is 3. The highest BCUT2D eigenvalue weighted by molar-refractivity contribution is 7.21. The number of methoxy groups -OCH3 is 3. The van der Waals surface area contributed by atoms with Crippen molar-refractivity contribution in [3.8, 4) is 0 Å². The average molecular weight is 773 g/mol. The lowest BCUT2D eigenvalue weighted by Crippen LogP contribution is -2.37. The van der Waals surface area contributed by atoms with E-state index in [4.69, 9.17) is 14.2 Å². The smallest absolute Gasteiger partial charge is 0.416 e. The van der Waals surface area contributed by atoms with Crippen LogP contribution in [0.5, 0.6) is 0 Å². The fraction of sp³-hybridized carbons (Fsp3) is 0.472. The molecule has 0 spiro atoms. The van der Waals surface area contributed by atoms with Crippen LogP contribution in [0.25, 0.3) is 20.2 Å². The minimum absolute atomic E-state index is 0.0505. The van der Waals surface area contributed by atoms with E-state index >= 15 is 0 Å². The Morgan fingerprint density at radius 3 is 1.42 bits per heavy atom. The number of alkyl halides is 6. The first-order chi connectivity index (χ1) is 24.6. The number of hydrogen-bond donors (Lipinski definition) is 0. The van der Waals surface area contributed by atoms with Crippen molar-refractivity contribution in [2.45, 2.75) is 56.8 Å². The van der Waals surface area contributed by atoms with Gasteiger partial charge in [-0.3, -0.25) is 0 Å². The molecule has 0 N–H and O–H groups in total. The van der Waals surface area contributed by atoms with Gasteiger partial charge in [0.1, 0.15) is 9.75 Å². The maximum absolute atomic E-state index is 13.0. The number of ether oxygens (including phenoxy) is 3. The van der Waals surface area contributed by atoms with Gasteiger partial charge in [0.2, 0.25) is 0 Å². The molecule has 0 saturated carbocycles. The zero-order valence-corrected chi connectivity index (χ0v) is 30.5. The maximum Gasteiger partial charge on any atom is 0.416 e. The first-order valence-corrected chi connectivity index (χ1v) is 18.2. The lowest BCUT2D eigenvalue weighted by molar-refractivity contribution is -0.138. The fourth-order valence-electron chi connectivity index (χ4n) is 6.90. The highest BCUT2D eigenvalue weighted by Gasteiger charge is 2.35. The molecule has 282 valence electrons. The number of carbonyl (C=O) groups is 3. The molecule has 1 amide bonds. The maximum atomic E-state index is 13.0. The first kappa shape index (κ1) is 39.3. The lowest BCUT2D eigenvalue weighted by atomic mass is 9.87. The number of fused-ring (bicyclic) bond motifs is 2. The van der Waals surface area contributed by atoms with Crippen molar-refractivity contribution in [2.75, 3.05) is 54.1 Å². The van der Waals surface area contributed by atoms with Crippen LogP contribution < -0.4 is 0 Å². The van der Waals surface area contributed by atoms with E-state index in [-0.39, 0.29) is 11.8 Å². The average Bonchev–Trinajstić information content (AvgIpc) is 3.72. The summed E-state index contributed by atoms with van der Waals surface area (Å²) in [5.74, 6) is -0.911. The molecular formula is C36H38F6N2O6S2. The topological polar surface area (TPSA) is 85.4 Å². The van der Waals surface area contributed by atoms with Crippen LogP contribution in [0, 0.1) is 0 Å². The molecule has 2 fully saturated rings. The van der Waals surface area contributed by atoms with Crippen LogP contribution in [-0.4, -0.2) is 81.9 Å². The van der Waals surface area contributed by atoms with Gasteiger partial charge in [0, 0.05) is 22.5 Å². The Bertz CT molecular complexity index is 1920. The Morgan fingerprint density at radius 2 is 1.08 bits per heavy atom. The molecule has 0 aliphatic carbocycles. The number of halogens is 6. The van der Waals surface area contributed by atoms with E-state index in [2.05, 4.69) is 11.8 Å². The van der Waals surface area contributed by atoms with Crippen molar-refractivity contribution in [3.63, 3.8) is 0 Å². The zero-order valence-electron chi connectivity index (χ0n) is 28.9. The van der Waals surface area contributed by atoms with Gasteiger partial charge in [0.05, 0.1) is 32.5 Å². The summed E-state index contributed by atoms with van der Waals surface area (Å²) in [6, 6.07) is 7.26. The molecule has 4 aromatic rings. The second kappa shape index (κ2) is 16.0. The summed E-state index contributed by atoms with van der Waals surface area (Å²) >= 11 is 2.11. The van der Waals surface area contributed by atoms with Gasteiger partial charge in [-0.15, -0.1) is 22.7 Å². The zero-order chi connectivity index (χ0) is 38.0. The molecular weight excluding hydrogens is 735 g/mol. The highest BCUT2D eigenvalue weighted by atomic mass is 32.1. The van der Waals surface area contributed by atoms with Gasteiger partial charge < -0.3 is 24.0 Å². The number of likely N-dealkylation sites (tertiary alicyclic amines) is 2. The molecule has 6 rings (SSSR count). The number of thiophene rings is 2. The summed E-state index contributed by atoms with van der Waals surface area (Å²) in [7, 11) is 3.86. The summed E-state index contributed by atoms with van der Waals surface area (Å²) in [6.07, 6.45) is -6.29. The van der Waals surface area contributed by atoms with Crippen molar-refractivity contribution >= 4 is 60.9 Å². The second-order valence-electron chi connectivity index (χ2n) is 12.5. The number of rotatable bonds is 5. The van der Waals surface area contributed by atoms with Crippen LogP contribution in [0.2, 0.25) is 0 Å². The van der Waals surface area contributed by atoms with Crippen LogP contribution in [0.1, 0.15) is 86.0 Å². The first-order valence-electron chi connectivity index (χ1n) is 16.6. The third-order valence-corrected chi connectivity index (χ3v) is 11.9. The van der Waals surface area contributed by atoms with Gasteiger partial charge >= 0.3 is 30.4 Å². The third-order valence-electron chi connectivity index (χ3n) is 9.63. The predicted molar refractivity (Wildman–Crippen MR) is 186 cm³/mol. The molecule has 52 heavy (non-hydrogen) atoms. The molecule has 0 bridgehead atoms. The van der Waals surface area contributed by atoms with Gasteiger partial charge in [0.25, 0.3) is 0 Å². The molecule has 2 aliphatic rings.